The number of carbonyl (C=O) groups excluding carboxylic acids is 2. The largest absolute Gasteiger partial charge is 0.493 e. The first-order chi connectivity index (χ1) is 13.1. The number of benzene rings is 1. The molecule has 1 aromatic heterocycles. The number of nitrogens with one attached hydrogen (secondary N) is 1. The molecule has 0 radical (unpaired) electrons. The van der Waals surface area contributed by atoms with E-state index in [-0.39, 0.29) is 24.2 Å². The van der Waals surface area contributed by atoms with E-state index < -0.39 is 0 Å². The van der Waals surface area contributed by atoms with Gasteiger partial charge < -0.3 is 14.8 Å². The molecule has 1 atom stereocenters. The zero-order valence-electron chi connectivity index (χ0n) is 14.9. The number of nitrogens with zero attached hydrogens (tertiary/aromatic N) is 3. The number of ether oxygens (including phenoxy) is 2. The van der Waals surface area contributed by atoms with Gasteiger partial charge in [0.1, 0.15) is 17.4 Å². The molecule has 0 spiro atoms. The smallest absolute Gasteiger partial charge is 0.229 e. The highest BCUT2D eigenvalue weighted by Crippen LogP contribution is 2.29. The Kier molecular flexibility index (Phi) is 5.04. The van der Waals surface area contributed by atoms with Gasteiger partial charge >= 0.3 is 0 Å². The Balaban J connectivity index is 1.34. The molecule has 3 heterocycles. The second kappa shape index (κ2) is 7.61. The van der Waals surface area contributed by atoms with Gasteiger partial charge in [-0.25, -0.2) is 0 Å². The van der Waals surface area contributed by atoms with E-state index in [1.165, 1.54) is 21.8 Å². The van der Waals surface area contributed by atoms with Crippen molar-refractivity contribution in [2.24, 2.45) is 5.92 Å². The minimum atomic E-state index is -0.384. The summed E-state index contributed by atoms with van der Waals surface area (Å²) in [5, 5.41) is 12.2. The molecule has 0 aliphatic carbocycles. The first-order valence-corrected chi connectivity index (χ1v) is 9.59. The predicted octanol–water partition coefficient (Wildman–Crippen LogP) is 1.29. The third-order valence-electron chi connectivity index (χ3n) is 4.67. The van der Waals surface area contributed by atoms with E-state index in [4.69, 9.17) is 9.47 Å². The van der Waals surface area contributed by atoms with Crippen molar-refractivity contribution < 1.29 is 19.1 Å². The molecule has 1 fully saturated rings. The fourth-order valence-electron chi connectivity index (χ4n) is 3.29. The fourth-order valence-corrected chi connectivity index (χ4v) is 4.12. The van der Waals surface area contributed by atoms with Crippen LogP contribution in [0.4, 0.5) is 5.13 Å². The van der Waals surface area contributed by atoms with Gasteiger partial charge in [0.25, 0.3) is 0 Å². The number of methoxy groups -OCH3 is 1. The van der Waals surface area contributed by atoms with Gasteiger partial charge in [0.15, 0.2) is 0 Å². The number of hydrogen-bond donors (Lipinski definition) is 1. The second-order valence-corrected chi connectivity index (χ2v) is 7.62. The number of amides is 2. The summed E-state index contributed by atoms with van der Waals surface area (Å²) >= 11 is 1.31. The number of rotatable bonds is 6. The molecule has 0 saturated carbocycles. The molecule has 27 heavy (non-hydrogen) atoms. The SMILES string of the molecule is COCc1nnc(N2CC(C(=O)NCc3ccc4c(c3)CCO4)CC2=O)s1. The number of fused-ring (bicyclic) bond motifs is 1. The van der Waals surface area contributed by atoms with Crippen LogP contribution < -0.4 is 15.0 Å². The van der Waals surface area contributed by atoms with Crippen molar-refractivity contribution in [3.8, 4) is 5.75 Å². The summed E-state index contributed by atoms with van der Waals surface area (Å²) < 4.78 is 10.5. The number of carbonyl (C=O) groups is 2. The van der Waals surface area contributed by atoms with Gasteiger partial charge in [-0.3, -0.25) is 14.5 Å². The van der Waals surface area contributed by atoms with E-state index in [0.717, 1.165) is 17.7 Å². The van der Waals surface area contributed by atoms with E-state index in [0.29, 0.717) is 36.4 Å². The quantitative estimate of drug-likeness (QED) is 0.801. The van der Waals surface area contributed by atoms with Crippen LogP contribution in [0.15, 0.2) is 18.2 Å². The zero-order chi connectivity index (χ0) is 18.8. The van der Waals surface area contributed by atoms with Crippen molar-refractivity contribution in [2.45, 2.75) is 26.0 Å². The van der Waals surface area contributed by atoms with Crippen molar-refractivity contribution >= 4 is 28.3 Å². The van der Waals surface area contributed by atoms with Crippen LogP contribution in [0.2, 0.25) is 0 Å². The summed E-state index contributed by atoms with van der Waals surface area (Å²) in [5.41, 5.74) is 2.20. The molecule has 8 nitrogen and oxygen atoms in total. The van der Waals surface area contributed by atoms with Crippen molar-refractivity contribution in [3.63, 3.8) is 0 Å². The van der Waals surface area contributed by atoms with Crippen molar-refractivity contribution in [1.82, 2.24) is 15.5 Å². The van der Waals surface area contributed by atoms with Crippen LogP contribution in [-0.4, -0.2) is 42.3 Å². The van der Waals surface area contributed by atoms with Crippen LogP contribution in [0, 0.1) is 5.92 Å². The Morgan fingerprint density at radius 2 is 2.33 bits per heavy atom. The van der Waals surface area contributed by atoms with Crippen LogP contribution >= 0.6 is 11.3 Å². The van der Waals surface area contributed by atoms with Crippen LogP contribution in [0.1, 0.15) is 22.6 Å². The lowest BCUT2D eigenvalue weighted by atomic mass is 10.1. The molecule has 2 aliphatic rings. The maximum Gasteiger partial charge on any atom is 0.229 e. The third-order valence-corrected chi connectivity index (χ3v) is 5.59. The molecule has 0 bridgehead atoms. The highest BCUT2D eigenvalue weighted by Gasteiger charge is 2.36. The maximum atomic E-state index is 12.5. The first kappa shape index (κ1) is 17.9. The van der Waals surface area contributed by atoms with E-state index in [2.05, 4.69) is 21.6 Å². The molecule has 9 heteroatoms. The highest BCUT2D eigenvalue weighted by molar-refractivity contribution is 7.15. The Labute approximate surface area is 160 Å². The lowest BCUT2D eigenvalue weighted by molar-refractivity contribution is -0.126. The van der Waals surface area contributed by atoms with E-state index in [1.54, 1.807) is 7.11 Å². The molecule has 1 N–H and O–H groups in total. The molecular formula is C18H20N4O4S. The van der Waals surface area contributed by atoms with Gasteiger partial charge in [0.05, 0.1) is 12.5 Å². The van der Waals surface area contributed by atoms with Crippen molar-refractivity contribution in [2.75, 3.05) is 25.2 Å². The molecule has 2 amide bonds. The van der Waals surface area contributed by atoms with Gasteiger partial charge in [-0.05, 0) is 17.2 Å². The minimum absolute atomic E-state index is 0.107. The summed E-state index contributed by atoms with van der Waals surface area (Å²) in [4.78, 5) is 26.3. The Hall–Kier alpha value is -2.52. The van der Waals surface area contributed by atoms with Crippen LogP contribution in [0.5, 0.6) is 5.75 Å². The summed E-state index contributed by atoms with van der Waals surface area (Å²) in [5.74, 6) is 0.311. The normalized spacial score (nSPS) is 18.5. The number of anilines is 1. The first-order valence-electron chi connectivity index (χ1n) is 8.78. The minimum Gasteiger partial charge on any atom is -0.493 e. The van der Waals surface area contributed by atoms with Crippen molar-refractivity contribution in [3.05, 3.63) is 34.3 Å². The Bertz CT molecular complexity index is 869. The average Bonchev–Trinajstić information content (AvgIpc) is 3.39. The van der Waals surface area contributed by atoms with E-state index >= 15 is 0 Å². The average molecular weight is 388 g/mol. The molecule has 1 unspecified atom stereocenters. The Morgan fingerprint density at radius 1 is 1.44 bits per heavy atom. The summed E-state index contributed by atoms with van der Waals surface area (Å²) in [7, 11) is 1.58. The number of hydrogen-bond acceptors (Lipinski definition) is 7. The predicted molar refractivity (Wildman–Crippen MR) is 98.6 cm³/mol. The topological polar surface area (TPSA) is 93.7 Å². The van der Waals surface area contributed by atoms with Gasteiger partial charge in [-0.15, -0.1) is 10.2 Å². The molecule has 4 rings (SSSR count). The summed E-state index contributed by atoms with van der Waals surface area (Å²) in [6.45, 7) is 1.83. The van der Waals surface area contributed by atoms with Gasteiger partial charge in [-0.2, -0.15) is 0 Å². The summed E-state index contributed by atoms with van der Waals surface area (Å²) in [6, 6.07) is 5.96. The molecular weight excluding hydrogens is 368 g/mol. The van der Waals surface area contributed by atoms with Gasteiger partial charge in [0.2, 0.25) is 16.9 Å². The fraction of sp³-hybridized carbons (Fsp3) is 0.444. The van der Waals surface area contributed by atoms with Gasteiger partial charge in [-0.1, -0.05) is 23.5 Å². The maximum absolute atomic E-state index is 12.5. The lowest BCUT2D eigenvalue weighted by Crippen LogP contribution is -2.32. The van der Waals surface area contributed by atoms with Crippen LogP contribution in [0.3, 0.4) is 0 Å². The second-order valence-electron chi connectivity index (χ2n) is 6.58. The standard InChI is InChI=1S/C18H20N4O4S/c1-25-10-15-20-21-18(27-15)22-9-13(7-16(22)23)17(24)19-8-11-2-3-14-12(6-11)4-5-26-14/h2-3,6,13H,4-5,7-10H2,1H3,(H,19,24). The lowest BCUT2D eigenvalue weighted by Gasteiger charge is -2.13. The van der Waals surface area contributed by atoms with E-state index in [9.17, 15) is 9.59 Å². The highest BCUT2D eigenvalue weighted by atomic mass is 32.1. The molecule has 2 aliphatic heterocycles. The Morgan fingerprint density at radius 3 is 3.19 bits per heavy atom. The van der Waals surface area contributed by atoms with Crippen LogP contribution in [-0.2, 0) is 33.9 Å². The molecule has 2 aromatic rings. The number of aromatic nitrogens is 2. The molecule has 142 valence electrons. The monoisotopic (exact) mass is 388 g/mol. The van der Waals surface area contributed by atoms with Crippen LogP contribution in [0.25, 0.3) is 0 Å². The summed E-state index contributed by atoms with van der Waals surface area (Å²) in [6.07, 6.45) is 1.08. The molecule has 1 aromatic carbocycles. The third kappa shape index (κ3) is 3.79. The molecule has 1 saturated heterocycles. The van der Waals surface area contributed by atoms with Crippen molar-refractivity contribution in [1.29, 1.82) is 0 Å². The van der Waals surface area contributed by atoms with E-state index in [1.807, 2.05) is 12.1 Å². The van der Waals surface area contributed by atoms with Gasteiger partial charge in [0, 0.05) is 33.0 Å². The zero-order valence-corrected chi connectivity index (χ0v) is 15.8.